The molecule has 3 heterocycles. The lowest BCUT2D eigenvalue weighted by atomic mass is 10.1. The second kappa shape index (κ2) is 8.88. The number of aromatic nitrogens is 3. The van der Waals surface area contributed by atoms with Crippen molar-refractivity contribution in [2.75, 3.05) is 32.7 Å². The van der Waals surface area contributed by atoms with E-state index in [1.165, 1.54) is 29.4 Å². The van der Waals surface area contributed by atoms with Crippen LogP contribution in [0.1, 0.15) is 12.5 Å². The fourth-order valence-electron chi connectivity index (χ4n) is 4.09. The monoisotopic (exact) mass is 413 g/mol. The number of pyridine rings is 1. The zero-order valence-corrected chi connectivity index (χ0v) is 17.8. The maximum atomic E-state index is 5.98. The van der Waals surface area contributed by atoms with E-state index in [1.807, 2.05) is 24.3 Å². The molecule has 0 saturated carbocycles. The van der Waals surface area contributed by atoms with E-state index in [0.717, 1.165) is 43.2 Å². The van der Waals surface area contributed by atoms with Crippen LogP contribution in [0.3, 0.4) is 0 Å². The van der Waals surface area contributed by atoms with E-state index in [-0.39, 0.29) is 0 Å². The number of hydrogen-bond acceptors (Lipinski definition) is 5. The van der Waals surface area contributed by atoms with Gasteiger partial charge in [-0.05, 0) is 53.2 Å². The molecule has 158 valence electrons. The summed E-state index contributed by atoms with van der Waals surface area (Å²) in [5.41, 5.74) is 3.28. The highest BCUT2D eigenvalue weighted by Gasteiger charge is 2.15. The molecule has 6 nitrogen and oxygen atoms in total. The number of benzene rings is 2. The SMILES string of the molecule is CCN1CCN(Cc2ccc3cc(Oc4ccc(-c5ccn[nH]5)cn4)ccc3c2)CC1. The first-order valence-corrected chi connectivity index (χ1v) is 10.9. The molecule has 31 heavy (non-hydrogen) atoms. The number of hydrogen-bond donors (Lipinski definition) is 1. The summed E-state index contributed by atoms with van der Waals surface area (Å²) in [7, 11) is 0. The fourth-order valence-corrected chi connectivity index (χ4v) is 4.09. The van der Waals surface area contributed by atoms with E-state index in [1.54, 1.807) is 12.4 Å². The third kappa shape index (κ3) is 4.60. The Morgan fingerprint density at radius 3 is 2.45 bits per heavy atom. The minimum absolute atomic E-state index is 0.574. The van der Waals surface area contributed by atoms with Crippen molar-refractivity contribution < 1.29 is 4.74 Å². The van der Waals surface area contributed by atoms with Gasteiger partial charge in [-0.25, -0.2) is 4.98 Å². The summed E-state index contributed by atoms with van der Waals surface area (Å²) in [5.74, 6) is 1.36. The Balaban J connectivity index is 1.25. The van der Waals surface area contributed by atoms with Gasteiger partial charge in [0.05, 0.1) is 5.69 Å². The molecular formula is C25H27N5O. The smallest absolute Gasteiger partial charge is 0.219 e. The molecule has 2 aromatic carbocycles. The third-order valence-corrected chi connectivity index (χ3v) is 5.96. The topological polar surface area (TPSA) is 57.3 Å². The number of rotatable bonds is 6. The molecule has 5 rings (SSSR count). The highest BCUT2D eigenvalue weighted by atomic mass is 16.5. The minimum Gasteiger partial charge on any atom is -0.439 e. The predicted molar refractivity (Wildman–Crippen MR) is 123 cm³/mol. The van der Waals surface area contributed by atoms with Gasteiger partial charge in [0, 0.05) is 56.7 Å². The minimum atomic E-state index is 0.574. The van der Waals surface area contributed by atoms with Crippen molar-refractivity contribution in [2.45, 2.75) is 13.5 Å². The van der Waals surface area contributed by atoms with E-state index in [2.05, 4.69) is 62.2 Å². The van der Waals surface area contributed by atoms with Crippen LogP contribution >= 0.6 is 0 Å². The Morgan fingerprint density at radius 2 is 1.71 bits per heavy atom. The molecule has 1 aliphatic rings. The molecule has 0 atom stereocenters. The molecule has 6 heteroatoms. The third-order valence-electron chi connectivity index (χ3n) is 5.96. The molecule has 1 aliphatic heterocycles. The maximum absolute atomic E-state index is 5.98. The number of fused-ring (bicyclic) bond motifs is 1. The number of aromatic amines is 1. The zero-order chi connectivity index (χ0) is 21.0. The molecule has 1 fully saturated rings. The van der Waals surface area contributed by atoms with E-state index >= 15 is 0 Å². The molecular weight excluding hydrogens is 386 g/mol. The number of ether oxygens (including phenoxy) is 1. The summed E-state index contributed by atoms with van der Waals surface area (Å²) < 4.78 is 5.98. The zero-order valence-electron chi connectivity index (χ0n) is 17.8. The molecule has 1 saturated heterocycles. The molecule has 0 radical (unpaired) electrons. The van der Waals surface area contributed by atoms with Gasteiger partial charge in [-0.2, -0.15) is 5.10 Å². The van der Waals surface area contributed by atoms with Gasteiger partial charge in [-0.15, -0.1) is 0 Å². The summed E-state index contributed by atoms with van der Waals surface area (Å²) in [6.45, 7) is 9.03. The van der Waals surface area contributed by atoms with Crippen molar-refractivity contribution in [2.24, 2.45) is 0 Å². The number of nitrogens with zero attached hydrogens (tertiary/aromatic N) is 4. The van der Waals surface area contributed by atoms with Crippen molar-refractivity contribution in [3.63, 3.8) is 0 Å². The molecule has 0 aliphatic carbocycles. The van der Waals surface area contributed by atoms with Crippen molar-refractivity contribution >= 4 is 10.8 Å². The summed E-state index contributed by atoms with van der Waals surface area (Å²) in [5, 5.41) is 9.32. The predicted octanol–water partition coefficient (Wildman–Crippen LogP) is 4.55. The Morgan fingerprint density at radius 1 is 0.903 bits per heavy atom. The number of nitrogens with one attached hydrogen (secondary N) is 1. The normalized spacial score (nSPS) is 15.4. The second-order valence-corrected chi connectivity index (χ2v) is 8.01. The Kier molecular flexibility index (Phi) is 5.65. The lowest BCUT2D eigenvalue weighted by molar-refractivity contribution is 0.132. The van der Waals surface area contributed by atoms with Crippen LogP contribution in [0.15, 0.2) is 67.0 Å². The van der Waals surface area contributed by atoms with Gasteiger partial charge in [0.15, 0.2) is 0 Å². The van der Waals surface area contributed by atoms with Gasteiger partial charge in [-0.3, -0.25) is 10.00 Å². The Labute approximate surface area is 182 Å². The van der Waals surface area contributed by atoms with E-state index < -0.39 is 0 Å². The van der Waals surface area contributed by atoms with Gasteiger partial charge in [0.2, 0.25) is 5.88 Å². The van der Waals surface area contributed by atoms with Crippen LogP contribution in [0.2, 0.25) is 0 Å². The first-order chi connectivity index (χ1) is 15.3. The molecule has 1 N–H and O–H groups in total. The molecule has 0 bridgehead atoms. The average Bonchev–Trinajstić information content (AvgIpc) is 3.35. The number of piperazine rings is 1. The molecule has 4 aromatic rings. The highest BCUT2D eigenvalue weighted by molar-refractivity contribution is 5.84. The molecule has 0 spiro atoms. The van der Waals surface area contributed by atoms with Crippen LogP contribution in [-0.4, -0.2) is 57.7 Å². The highest BCUT2D eigenvalue weighted by Crippen LogP contribution is 2.27. The lowest BCUT2D eigenvalue weighted by Gasteiger charge is -2.34. The van der Waals surface area contributed by atoms with Gasteiger partial charge in [0.25, 0.3) is 0 Å². The van der Waals surface area contributed by atoms with Crippen molar-refractivity contribution in [1.82, 2.24) is 25.0 Å². The fraction of sp³-hybridized carbons (Fsp3) is 0.280. The largest absolute Gasteiger partial charge is 0.439 e. The standard InChI is InChI=1S/C25H27N5O/c1-2-29-11-13-30(14-12-29)18-19-3-4-21-16-23(7-5-20(21)15-19)31-25-8-6-22(17-26-25)24-9-10-27-28-24/h3-10,15-17H,2,11-14,18H2,1H3,(H,27,28). The van der Waals surface area contributed by atoms with Gasteiger partial charge in [0.1, 0.15) is 5.75 Å². The molecule has 0 amide bonds. The maximum Gasteiger partial charge on any atom is 0.219 e. The molecule has 2 aromatic heterocycles. The van der Waals surface area contributed by atoms with Crippen LogP contribution in [0.5, 0.6) is 11.6 Å². The lowest BCUT2D eigenvalue weighted by Crippen LogP contribution is -2.45. The van der Waals surface area contributed by atoms with Gasteiger partial charge in [-0.1, -0.05) is 25.1 Å². The first-order valence-electron chi connectivity index (χ1n) is 10.9. The first kappa shape index (κ1) is 19.7. The van der Waals surface area contributed by atoms with E-state index in [0.29, 0.717) is 5.88 Å². The Bertz CT molecular complexity index is 1130. The summed E-state index contributed by atoms with van der Waals surface area (Å²) >= 11 is 0. The van der Waals surface area contributed by atoms with Crippen molar-refractivity contribution in [3.05, 3.63) is 72.6 Å². The van der Waals surface area contributed by atoms with Crippen LogP contribution < -0.4 is 4.74 Å². The van der Waals surface area contributed by atoms with Gasteiger partial charge >= 0.3 is 0 Å². The average molecular weight is 414 g/mol. The Hall–Kier alpha value is -3.22. The van der Waals surface area contributed by atoms with Crippen LogP contribution in [0.4, 0.5) is 0 Å². The van der Waals surface area contributed by atoms with Crippen molar-refractivity contribution in [3.8, 4) is 22.9 Å². The second-order valence-electron chi connectivity index (χ2n) is 8.01. The van der Waals surface area contributed by atoms with E-state index in [9.17, 15) is 0 Å². The van der Waals surface area contributed by atoms with Crippen molar-refractivity contribution in [1.29, 1.82) is 0 Å². The quantitative estimate of drug-likeness (QED) is 0.502. The van der Waals surface area contributed by atoms with Gasteiger partial charge < -0.3 is 9.64 Å². The summed E-state index contributed by atoms with van der Waals surface area (Å²) in [4.78, 5) is 9.48. The number of likely N-dealkylation sites (N-methyl/N-ethyl adjacent to an activating group) is 1. The van der Waals surface area contributed by atoms with Crippen LogP contribution in [0.25, 0.3) is 22.0 Å². The van der Waals surface area contributed by atoms with Crippen LogP contribution in [-0.2, 0) is 6.54 Å². The van der Waals surface area contributed by atoms with Crippen LogP contribution in [0, 0.1) is 0 Å². The van der Waals surface area contributed by atoms with E-state index in [4.69, 9.17) is 4.74 Å². The molecule has 0 unspecified atom stereocenters. The summed E-state index contributed by atoms with van der Waals surface area (Å²) in [6, 6.07) is 18.7. The number of H-pyrrole nitrogens is 1. The summed E-state index contributed by atoms with van der Waals surface area (Å²) in [6.07, 6.45) is 3.52.